The van der Waals surface area contributed by atoms with Crippen LogP contribution in [0.15, 0.2) is 12.4 Å². The highest BCUT2D eigenvalue weighted by Gasteiger charge is 2.42. The number of hydrogen-bond donors (Lipinski definition) is 1. The van der Waals surface area contributed by atoms with Crippen molar-refractivity contribution in [2.24, 2.45) is 0 Å². The van der Waals surface area contributed by atoms with Crippen LogP contribution in [0.5, 0.6) is 0 Å². The normalized spacial score (nSPS) is 26.2. The summed E-state index contributed by atoms with van der Waals surface area (Å²) in [6.45, 7) is 4.16. The van der Waals surface area contributed by atoms with E-state index in [-0.39, 0.29) is 12.2 Å². The summed E-state index contributed by atoms with van der Waals surface area (Å²) in [5, 5.41) is 7.71. The molecule has 0 spiro atoms. The molecule has 0 aromatic carbocycles. The van der Waals surface area contributed by atoms with Crippen molar-refractivity contribution in [3.63, 3.8) is 0 Å². The van der Waals surface area contributed by atoms with Gasteiger partial charge in [0.1, 0.15) is 6.10 Å². The van der Waals surface area contributed by atoms with Gasteiger partial charge in [-0.25, -0.2) is 0 Å². The van der Waals surface area contributed by atoms with E-state index in [9.17, 15) is 0 Å². The third-order valence-corrected chi connectivity index (χ3v) is 3.41. The van der Waals surface area contributed by atoms with Crippen molar-refractivity contribution >= 4 is 5.69 Å². The minimum atomic E-state index is 0.113. The molecule has 1 heterocycles. The van der Waals surface area contributed by atoms with E-state index in [0.717, 1.165) is 25.3 Å². The number of anilines is 1. The van der Waals surface area contributed by atoms with Gasteiger partial charge in [0.2, 0.25) is 0 Å². The van der Waals surface area contributed by atoms with Crippen molar-refractivity contribution in [3.05, 3.63) is 12.4 Å². The van der Waals surface area contributed by atoms with Gasteiger partial charge in [-0.15, -0.1) is 0 Å². The third-order valence-electron chi connectivity index (χ3n) is 3.41. The van der Waals surface area contributed by atoms with E-state index in [1.807, 2.05) is 24.0 Å². The van der Waals surface area contributed by atoms with Crippen molar-refractivity contribution in [1.29, 1.82) is 0 Å². The van der Waals surface area contributed by atoms with Crippen molar-refractivity contribution in [1.82, 2.24) is 9.78 Å². The van der Waals surface area contributed by atoms with Crippen LogP contribution in [0.2, 0.25) is 0 Å². The van der Waals surface area contributed by atoms with E-state index in [2.05, 4.69) is 10.4 Å². The summed E-state index contributed by atoms with van der Waals surface area (Å²) in [7, 11) is 3.42. The lowest BCUT2D eigenvalue weighted by atomic mass is 9.85. The lowest BCUT2D eigenvalue weighted by Crippen LogP contribution is -2.56. The first-order valence-corrected chi connectivity index (χ1v) is 6.70. The van der Waals surface area contributed by atoms with Gasteiger partial charge in [0, 0.05) is 27.0 Å². The Morgan fingerprint density at radius 3 is 3.00 bits per heavy atom. The first kappa shape index (κ1) is 14.3. The van der Waals surface area contributed by atoms with Gasteiger partial charge in [-0.05, 0) is 13.3 Å². The van der Waals surface area contributed by atoms with Crippen molar-refractivity contribution in [2.45, 2.75) is 38.1 Å². The second kappa shape index (κ2) is 6.88. The minimum absolute atomic E-state index is 0.113. The summed E-state index contributed by atoms with van der Waals surface area (Å²) in [4.78, 5) is 0. The van der Waals surface area contributed by atoms with Gasteiger partial charge in [0.25, 0.3) is 0 Å². The van der Waals surface area contributed by atoms with Gasteiger partial charge in [-0.3, -0.25) is 4.68 Å². The SMILES string of the molecule is CCOC1CC(Nc2cnn(CCOC)c2)C1OC. The Kier molecular flexibility index (Phi) is 5.18. The van der Waals surface area contributed by atoms with Crippen molar-refractivity contribution in [2.75, 3.05) is 32.8 Å². The largest absolute Gasteiger partial charge is 0.383 e. The molecular weight excluding hydrogens is 246 g/mol. The maximum absolute atomic E-state index is 5.61. The highest BCUT2D eigenvalue weighted by molar-refractivity contribution is 5.41. The molecule has 1 fully saturated rings. The van der Waals surface area contributed by atoms with Gasteiger partial charge < -0.3 is 19.5 Å². The Balaban J connectivity index is 1.83. The molecule has 1 N–H and O–H groups in total. The maximum atomic E-state index is 5.61. The molecule has 3 atom stereocenters. The van der Waals surface area contributed by atoms with E-state index >= 15 is 0 Å². The summed E-state index contributed by atoms with van der Waals surface area (Å²) in [6.07, 6.45) is 5.10. The lowest BCUT2D eigenvalue weighted by Gasteiger charge is -2.43. The Morgan fingerprint density at radius 1 is 1.47 bits per heavy atom. The number of rotatable bonds is 8. The van der Waals surface area contributed by atoms with E-state index < -0.39 is 0 Å². The van der Waals surface area contributed by atoms with Crippen LogP contribution in [0, 0.1) is 0 Å². The first-order valence-electron chi connectivity index (χ1n) is 6.70. The standard InChI is InChI=1S/C13H23N3O3/c1-4-19-12-7-11(13(12)18-3)15-10-8-14-16(9-10)5-6-17-2/h8-9,11-13,15H,4-7H2,1-3H3. The number of ether oxygens (including phenoxy) is 3. The van der Waals surface area contributed by atoms with Gasteiger partial charge >= 0.3 is 0 Å². The molecule has 6 heteroatoms. The van der Waals surface area contributed by atoms with Crippen LogP contribution in [0.4, 0.5) is 5.69 Å². The van der Waals surface area contributed by atoms with Gasteiger partial charge in [-0.1, -0.05) is 0 Å². The van der Waals surface area contributed by atoms with Crippen LogP contribution in [-0.2, 0) is 20.8 Å². The highest BCUT2D eigenvalue weighted by atomic mass is 16.5. The van der Waals surface area contributed by atoms with E-state index in [1.54, 1.807) is 14.2 Å². The topological polar surface area (TPSA) is 57.5 Å². The third kappa shape index (κ3) is 3.46. The molecule has 19 heavy (non-hydrogen) atoms. The van der Waals surface area contributed by atoms with Crippen molar-refractivity contribution in [3.8, 4) is 0 Å². The number of nitrogens with one attached hydrogen (secondary N) is 1. The molecule has 1 aliphatic carbocycles. The molecule has 0 radical (unpaired) electrons. The lowest BCUT2D eigenvalue weighted by molar-refractivity contribution is -0.118. The fourth-order valence-electron chi connectivity index (χ4n) is 2.38. The predicted octanol–water partition coefficient (Wildman–Crippen LogP) is 1.13. The van der Waals surface area contributed by atoms with Crippen LogP contribution in [-0.4, -0.2) is 55.5 Å². The van der Waals surface area contributed by atoms with Gasteiger partial charge in [-0.2, -0.15) is 5.10 Å². The monoisotopic (exact) mass is 269 g/mol. The highest BCUT2D eigenvalue weighted by Crippen LogP contribution is 2.29. The number of nitrogens with zero attached hydrogens (tertiary/aromatic N) is 2. The zero-order valence-electron chi connectivity index (χ0n) is 11.8. The molecule has 0 amide bonds. The summed E-state index contributed by atoms with van der Waals surface area (Å²) < 4.78 is 18.0. The Bertz CT molecular complexity index is 383. The fraction of sp³-hybridized carbons (Fsp3) is 0.769. The molecule has 0 saturated heterocycles. The summed E-state index contributed by atoms with van der Waals surface area (Å²) in [5.41, 5.74) is 1.01. The van der Waals surface area contributed by atoms with Crippen LogP contribution < -0.4 is 5.32 Å². The average molecular weight is 269 g/mol. The molecule has 1 aromatic rings. The minimum Gasteiger partial charge on any atom is -0.383 e. The van der Waals surface area contributed by atoms with Gasteiger partial charge in [0.15, 0.2) is 0 Å². The molecule has 6 nitrogen and oxygen atoms in total. The van der Waals surface area contributed by atoms with Crippen molar-refractivity contribution < 1.29 is 14.2 Å². The number of methoxy groups -OCH3 is 2. The molecule has 108 valence electrons. The average Bonchev–Trinajstić information content (AvgIpc) is 2.83. The molecule has 0 aliphatic heterocycles. The van der Waals surface area contributed by atoms with Crippen LogP contribution in [0.1, 0.15) is 13.3 Å². The molecule has 3 unspecified atom stereocenters. The van der Waals surface area contributed by atoms with Crippen LogP contribution >= 0.6 is 0 Å². The summed E-state index contributed by atoms with van der Waals surface area (Å²) >= 11 is 0. The maximum Gasteiger partial charge on any atom is 0.103 e. The van der Waals surface area contributed by atoms with E-state index in [4.69, 9.17) is 14.2 Å². The van der Waals surface area contributed by atoms with Crippen LogP contribution in [0.25, 0.3) is 0 Å². The van der Waals surface area contributed by atoms with E-state index in [1.165, 1.54) is 0 Å². The molecule has 2 rings (SSSR count). The Hall–Kier alpha value is -1.11. The number of hydrogen-bond acceptors (Lipinski definition) is 5. The zero-order chi connectivity index (χ0) is 13.7. The second-order valence-electron chi connectivity index (χ2n) is 4.67. The molecule has 1 aliphatic rings. The zero-order valence-corrected chi connectivity index (χ0v) is 11.8. The molecular formula is C13H23N3O3. The fourth-order valence-corrected chi connectivity index (χ4v) is 2.38. The van der Waals surface area contributed by atoms with E-state index in [0.29, 0.717) is 12.6 Å². The summed E-state index contributed by atoms with van der Waals surface area (Å²) in [6, 6.07) is 0.293. The van der Waals surface area contributed by atoms with Gasteiger partial charge in [0.05, 0.1) is 37.2 Å². The predicted molar refractivity (Wildman–Crippen MR) is 72.3 cm³/mol. The Labute approximate surface area is 114 Å². The first-order chi connectivity index (χ1) is 9.28. The molecule has 1 saturated carbocycles. The Morgan fingerprint density at radius 2 is 2.32 bits per heavy atom. The molecule has 1 aromatic heterocycles. The smallest absolute Gasteiger partial charge is 0.103 e. The van der Waals surface area contributed by atoms with Crippen LogP contribution in [0.3, 0.4) is 0 Å². The summed E-state index contributed by atoms with van der Waals surface area (Å²) in [5.74, 6) is 0. The second-order valence-corrected chi connectivity index (χ2v) is 4.67. The quantitative estimate of drug-likeness (QED) is 0.767. The number of aromatic nitrogens is 2. The molecule has 0 bridgehead atoms.